The van der Waals surface area contributed by atoms with Crippen LogP contribution in [0.3, 0.4) is 0 Å². The summed E-state index contributed by atoms with van der Waals surface area (Å²) in [7, 11) is -4.35. The molecule has 0 radical (unpaired) electrons. The maximum atomic E-state index is 12.7. The molecule has 0 aliphatic heterocycles. The highest BCUT2D eigenvalue weighted by atomic mass is 32.2. The van der Waals surface area contributed by atoms with E-state index in [0.29, 0.717) is 18.2 Å². The lowest BCUT2D eigenvalue weighted by molar-refractivity contribution is -0.137. The molecule has 0 atom stereocenters. The monoisotopic (exact) mass is 443 g/mol. The number of amides is 2. The molecule has 2 amide bonds. The maximum Gasteiger partial charge on any atom is 0.416 e. The third-order valence-corrected chi connectivity index (χ3v) is 5.41. The summed E-state index contributed by atoms with van der Waals surface area (Å²) in [5.74, 6) is -1.32. The van der Waals surface area contributed by atoms with Crippen molar-refractivity contribution in [1.82, 2.24) is 10.0 Å². The SMILES string of the molecule is CCc1ccccc1NC(=O)CNC(=O)CNS(=O)(=O)c1cccc(C(F)(F)F)c1. The second-order valence-electron chi connectivity index (χ2n) is 6.19. The number of carbonyl (C=O) groups is 2. The van der Waals surface area contributed by atoms with E-state index in [1.165, 1.54) is 0 Å². The lowest BCUT2D eigenvalue weighted by atomic mass is 10.1. The van der Waals surface area contributed by atoms with Crippen molar-refractivity contribution in [3.05, 3.63) is 59.7 Å². The molecule has 0 unspecified atom stereocenters. The van der Waals surface area contributed by atoms with Gasteiger partial charge in [0.25, 0.3) is 0 Å². The zero-order valence-corrected chi connectivity index (χ0v) is 16.7. The van der Waals surface area contributed by atoms with Gasteiger partial charge in [-0.2, -0.15) is 13.2 Å². The molecule has 0 saturated carbocycles. The lowest BCUT2D eigenvalue weighted by Crippen LogP contribution is -2.40. The van der Waals surface area contributed by atoms with Gasteiger partial charge in [0.05, 0.1) is 23.5 Å². The van der Waals surface area contributed by atoms with Crippen molar-refractivity contribution < 1.29 is 31.2 Å². The normalized spacial score (nSPS) is 11.7. The molecule has 3 N–H and O–H groups in total. The van der Waals surface area contributed by atoms with Gasteiger partial charge in [-0.25, -0.2) is 13.1 Å². The first-order chi connectivity index (χ1) is 14.0. The Morgan fingerprint density at radius 2 is 1.67 bits per heavy atom. The number of nitrogens with one attached hydrogen (secondary N) is 3. The predicted molar refractivity (Wildman–Crippen MR) is 104 cm³/mol. The number of sulfonamides is 1. The largest absolute Gasteiger partial charge is 0.416 e. The summed E-state index contributed by atoms with van der Waals surface area (Å²) in [6.45, 7) is 0.781. The number of hydrogen-bond donors (Lipinski definition) is 3. The van der Waals surface area contributed by atoms with Gasteiger partial charge < -0.3 is 10.6 Å². The van der Waals surface area contributed by atoms with Crippen molar-refractivity contribution in [2.45, 2.75) is 24.4 Å². The summed E-state index contributed by atoms with van der Waals surface area (Å²) in [4.78, 5) is 23.2. The summed E-state index contributed by atoms with van der Waals surface area (Å²) >= 11 is 0. The van der Waals surface area contributed by atoms with E-state index in [9.17, 15) is 31.2 Å². The summed E-state index contributed by atoms with van der Waals surface area (Å²) in [6.07, 6.45) is -4.01. The quantitative estimate of drug-likeness (QED) is 0.582. The number of rotatable bonds is 8. The molecule has 30 heavy (non-hydrogen) atoms. The number of aryl methyl sites for hydroxylation is 1. The van der Waals surface area contributed by atoms with E-state index in [0.717, 1.165) is 23.8 Å². The van der Waals surface area contributed by atoms with Crippen LogP contribution < -0.4 is 15.4 Å². The van der Waals surface area contributed by atoms with Gasteiger partial charge in [0.1, 0.15) is 0 Å². The van der Waals surface area contributed by atoms with Crippen LogP contribution in [0, 0.1) is 0 Å². The zero-order valence-electron chi connectivity index (χ0n) is 15.9. The topological polar surface area (TPSA) is 104 Å². The van der Waals surface area contributed by atoms with E-state index in [2.05, 4.69) is 10.6 Å². The minimum Gasteiger partial charge on any atom is -0.346 e. The second kappa shape index (κ2) is 9.72. The fourth-order valence-corrected chi connectivity index (χ4v) is 3.50. The van der Waals surface area contributed by atoms with Crippen LogP contribution in [0.4, 0.5) is 18.9 Å². The van der Waals surface area contributed by atoms with E-state index >= 15 is 0 Å². The van der Waals surface area contributed by atoms with Crippen LogP contribution in [0.25, 0.3) is 0 Å². The predicted octanol–water partition coefficient (Wildman–Crippen LogP) is 2.30. The molecule has 2 aromatic rings. The molecule has 0 saturated heterocycles. The number of alkyl halides is 3. The maximum absolute atomic E-state index is 12.7. The Kier molecular flexibility index (Phi) is 7.57. The molecule has 0 aliphatic rings. The lowest BCUT2D eigenvalue weighted by Gasteiger charge is -2.11. The Morgan fingerprint density at radius 1 is 0.967 bits per heavy atom. The number of anilines is 1. The number of hydrogen-bond acceptors (Lipinski definition) is 4. The summed E-state index contributed by atoms with van der Waals surface area (Å²) in [6, 6.07) is 10.3. The summed E-state index contributed by atoms with van der Waals surface area (Å²) in [5, 5.41) is 4.88. The first kappa shape index (κ1) is 23.4. The van der Waals surface area contributed by atoms with Crippen LogP contribution >= 0.6 is 0 Å². The van der Waals surface area contributed by atoms with Gasteiger partial charge in [-0.1, -0.05) is 31.2 Å². The molecule has 0 bridgehead atoms. The molecule has 2 aromatic carbocycles. The molecule has 162 valence electrons. The second-order valence-corrected chi connectivity index (χ2v) is 7.95. The Labute approximate surface area is 171 Å². The fraction of sp³-hybridized carbons (Fsp3) is 0.263. The highest BCUT2D eigenvalue weighted by molar-refractivity contribution is 7.89. The van der Waals surface area contributed by atoms with Crippen LogP contribution in [0.5, 0.6) is 0 Å². The van der Waals surface area contributed by atoms with E-state index in [1.807, 2.05) is 23.8 Å². The van der Waals surface area contributed by atoms with Crippen LogP contribution in [0.1, 0.15) is 18.1 Å². The van der Waals surface area contributed by atoms with Gasteiger partial charge in [0.15, 0.2) is 0 Å². The fourth-order valence-electron chi connectivity index (χ4n) is 2.47. The van der Waals surface area contributed by atoms with Crippen molar-refractivity contribution in [3.63, 3.8) is 0 Å². The number of carbonyl (C=O) groups excluding carboxylic acids is 2. The third-order valence-electron chi connectivity index (χ3n) is 4.01. The molecule has 0 aromatic heterocycles. The van der Waals surface area contributed by atoms with E-state index < -0.39 is 51.6 Å². The Bertz CT molecular complexity index is 1020. The molecular weight excluding hydrogens is 423 g/mol. The van der Waals surface area contributed by atoms with Crippen molar-refractivity contribution in [1.29, 1.82) is 0 Å². The summed E-state index contributed by atoms with van der Waals surface area (Å²) in [5.41, 5.74) is 0.384. The molecule has 0 heterocycles. The summed E-state index contributed by atoms with van der Waals surface area (Å²) < 4.78 is 64.4. The minimum absolute atomic E-state index is 0.401. The Balaban J connectivity index is 1.89. The standard InChI is InChI=1S/C19H20F3N3O4S/c1-2-13-6-3-4-9-16(13)25-18(27)11-23-17(26)12-24-30(28,29)15-8-5-7-14(10-15)19(20,21)22/h3-10,24H,2,11-12H2,1H3,(H,23,26)(H,25,27). The van der Waals surface area contributed by atoms with Gasteiger partial charge in [0.2, 0.25) is 21.8 Å². The van der Waals surface area contributed by atoms with E-state index in [4.69, 9.17) is 0 Å². The molecule has 2 rings (SSSR count). The third kappa shape index (κ3) is 6.56. The first-order valence-corrected chi connectivity index (χ1v) is 10.3. The van der Waals surface area contributed by atoms with Gasteiger partial charge in [-0.05, 0) is 36.2 Å². The van der Waals surface area contributed by atoms with Gasteiger partial charge in [-0.3, -0.25) is 9.59 Å². The molecule has 0 aliphatic carbocycles. The van der Waals surface area contributed by atoms with Gasteiger partial charge >= 0.3 is 6.18 Å². The molecule has 11 heteroatoms. The van der Waals surface area contributed by atoms with Crippen molar-refractivity contribution in [2.24, 2.45) is 0 Å². The van der Waals surface area contributed by atoms with Crippen LogP contribution in [-0.2, 0) is 32.2 Å². The number of halogens is 3. The van der Waals surface area contributed by atoms with Crippen molar-refractivity contribution in [2.75, 3.05) is 18.4 Å². The highest BCUT2D eigenvalue weighted by Gasteiger charge is 2.31. The Hall–Kier alpha value is -2.92. The average molecular weight is 443 g/mol. The van der Waals surface area contributed by atoms with Gasteiger partial charge in [-0.15, -0.1) is 0 Å². The molecule has 7 nitrogen and oxygen atoms in total. The van der Waals surface area contributed by atoms with Crippen LogP contribution in [0.15, 0.2) is 53.4 Å². The average Bonchev–Trinajstić information content (AvgIpc) is 2.70. The smallest absolute Gasteiger partial charge is 0.346 e. The van der Waals surface area contributed by atoms with E-state index in [1.54, 1.807) is 12.1 Å². The molecule has 0 spiro atoms. The van der Waals surface area contributed by atoms with Crippen LogP contribution in [0.2, 0.25) is 0 Å². The highest BCUT2D eigenvalue weighted by Crippen LogP contribution is 2.30. The number of para-hydroxylation sites is 1. The Morgan fingerprint density at radius 3 is 2.33 bits per heavy atom. The minimum atomic E-state index is -4.70. The van der Waals surface area contributed by atoms with Crippen molar-refractivity contribution >= 4 is 27.5 Å². The van der Waals surface area contributed by atoms with Gasteiger partial charge in [0, 0.05) is 5.69 Å². The van der Waals surface area contributed by atoms with Crippen molar-refractivity contribution in [3.8, 4) is 0 Å². The molecule has 0 fully saturated rings. The first-order valence-electron chi connectivity index (χ1n) is 8.84. The zero-order chi connectivity index (χ0) is 22.4. The van der Waals surface area contributed by atoms with Crippen LogP contribution in [-0.4, -0.2) is 33.3 Å². The number of benzene rings is 2. The molecular formula is C19H20F3N3O4S. The van der Waals surface area contributed by atoms with E-state index in [-0.39, 0.29) is 0 Å².